The molecule has 0 aromatic heterocycles. The highest BCUT2D eigenvalue weighted by Crippen LogP contribution is 2.10. The summed E-state index contributed by atoms with van der Waals surface area (Å²) < 4.78 is 4.49. The van der Waals surface area contributed by atoms with Crippen molar-refractivity contribution in [2.75, 3.05) is 13.7 Å². The zero-order valence-electron chi connectivity index (χ0n) is 6.45. The van der Waals surface area contributed by atoms with Crippen molar-refractivity contribution in [2.24, 2.45) is 11.1 Å². The Labute approximate surface area is 65.2 Å². The van der Waals surface area contributed by atoms with Crippen LogP contribution in [0.3, 0.4) is 0 Å². The van der Waals surface area contributed by atoms with Gasteiger partial charge in [-0.15, -0.1) is 0 Å². The Morgan fingerprint density at radius 3 is 3.27 bits per heavy atom. The third-order valence-electron chi connectivity index (χ3n) is 1.58. The van der Waals surface area contributed by atoms with Crippen molar-refractivity contribution in [3.05, 3.63) is 0 Å². The molecule has 4 heteroatoms. The number of hydrogen-bond donors (Lipinski definition) is 0. The first kappa shape index (κ1) is 8.04. The summed E-state index contributed by atoms with van der Waals surface area (Å²) in [6, 6.07) is 0. The van der Waals surface area contributed by atoms with E-state index < -0.39 is 0 Å². The van der Waals surface area contributed by atoms with Crippen molar-refractivity contribution in [3.63, 3.8) is 0 Å². The van der Waals surface area contributed by atoms with Crippen LogP contribution < -0.4 is 0 Å². The van der Waals surface area contributed by atoms with E-state index in [0.717, 1.165) is 6.42 Å². The largest absolute Gasteiger partial charge is 0.469 e. The molecular weight excluding hydrogens is 146 g/mol. The Morgan fingerprint density at radius 1 is 1.91 bits per heavy atom. The third kappa shape index (κ3) is 2.57. The van der Waals surface area contributed by atoms with Gasteiger partial charge in [0, 0.05) is 12.3 Å². The van der Waals surface area contributed by atoms with Crippen LogP contribution in [0.25, 0.3) is 0 Å². The summed E-state index contributed by atoms with van der Waals surface area (Å²) in [6.07, 6.45) is 2.93. The highest BCUT2D eigenvalue weighted by Gasteiger charge is 2.13. The van der Waals surface area contributed by atoms with Crippen molar-refractivity contribution in [1.29, 1.82) is 0 Å². The molecule has 1 rings (SSSR count). The van der Waals surface area contributed by atoms with Gasteiger partial charge in [0.05, 0.1) is 13.3 Å². The van der Waals surface area contributed by atoms with Crippen molar-refractivity contribution in [3.8, 4) is 0 Å². The van der Waals surface area contributed by atoms with Crippen LogP contribution in [-0.2, 0) is 14.4 Å². The second-order valence-corrected chi connectivity index (χ2v) is 2.43. The second kappa shape index (κ2) is 3.95. The average molecular weight is 157 g/mol. The van der Waals surface area contributed by atoms with E-state index in [1.807, 2.05) is 0 Å². The first-order valence-corrected chi connectivity index (χ1v) is 3.55. The summed E-state index contributed by atoms with van der Waals surface area (Å²) in [4.78, 5) is 15.4. The predicted molar refractivity (Wildman–Crippen MR) is 39.2 cm³/mol. The normalized spacial score (nSPS) is 21.4. The molecule has 0 aromatic carbocycles. The molecule has 0 bridgehead atoms. The minimum atomic E-state index is -0.176. The van der Waals surface area contributed by atoms with Gasteiger partial charge in [-0.3, -0.25) is 4.79 Å². The van der Waals surface area contributed by atoms with Gasteiger partial charge in [0.1, 0.15) is 6.61 Å². The molecule has 0 spiro atoms. The van der Waals surface area contributed by atoms with E-state index in [0.29, 0.717) is 13.0 Å². The van der Waals surface area contributed by atoms with E-state index in [-0.39, 0.29) is 11.9 Å². The number of ether oxygens (including phenoxy) is 1. The molecule has 1 aliphatic rings. The van der Waals surface area contributed by atoms with E-state index in [2.05, 4.69) is 9.89 Å². The molecule has 0 saturated carbocycles. The van der Waals surface area contributed by atoms with Gasteiger partial charge in [-0.2, -0.15) is 0 Å². The molecule has 0 saturated heterocycles. The highest BCUT2D eigenvalue weighted by molar-refractivity contribution is 5.70. The SMILES string of the molecule is COC(=O)CC[C@H]1C=NOC1. The van der Waals surface area contributed by atoms with Crippen molar-refractivity contribution < 1.29 is 14.4 Å². The summed E-state index contributed by atoms with van der Waals surface area (Å²) in [5, 5.41) is 3.59. The summed E-state index contributed by atoms with van der Waals surface area (Å²) in [5.74, 6) is 0.111. The zero-order valence-corrected chi connectivity index (χ0v) is 6.45. The molecule has 1 heterocycles. The lowest BCUT2D eigenvalue weighted by molar-refractivity contribution is -0.140. The van der Waals surface area contributed by atoms with Crippen LogP contribution in [0.5, 0.6) is 0 Å². The number of carbonyl (C=O) groups excluding carboxylic acids is 1. The van der Waals surface area contributed by atoms with Crippen LogP contribution in [0, 0.1) is 5.92 Å². The third-order valence-corrected chi connectivity index (χ3v) is 1.58. The van der Waals surface area contributed by atoms with Gasteiger partial charge in [0.2, 0.25) is 0 Å². The lowest BCUT2D eigenvalue weighted by atomic mass is 10.1. The minimum absolute atomic E-state index is 0.176. The molecule has 1 atom stereocenters. The molecular formula is C7H11NO3. The van der Waals surface area contributed by atoms with E-state index >= 15 is 0 Å². The van der Waals surface area contributed by atoms with E-state index in [4.69, 9.17) is 4.84 Å². The van der Waals surface area contributed by atoms with Crippen LogP contribution in [0.15, 0.2) is 5.16 Å². The molecule has 0 fully saturated rings. The quantitative estimate of drug-likeness (QED) is 0.563. The Kier molecular flexibility index (Phi) is 2.89. The van der Waals surface area contributed by atoms with Crippen molar-refractivity contribution >= 4 is 12.2 Å². The highest BCUT2D eigenvalue weighted by atomic mass is 16.6. The predicted octanol–water partition coefficient (Wildman–Crippen LogP) is 0.572. The van der Waals surface area contributed by atoms with Gasteiger partial charge in [-0.05, 0) is 6.42 Å². The molecule has 0 N–H and O–H groups in total. The van der Waals surface area contributed by atoms with Crippen molar-refractivity contribution in [1.82, 2.24) is 0 Å². The van der Waals surface area contributed by atoms with Gasteiger partial charge >= 0.3 is 5.97 Å². The maximum atomic E-state index is 10.7. The van der Waals surface area contributed by atoms with Gasteiger partial charge in [0.15, 0.2) is 0 Å². The first-order chi connectivity index (χ1) is 5.33. The maximum Gasteiger partial charge on any atom is 0.305 e. The number of carbonyl (C=O) groups is 1. The maximum absolute atomic E-state index is 10.7. The van der Waals surface area contributed by atoms with E-state index in [1.165, 1.54) is 7.11 Å². The number of esters is 1. The number of hydrogen-bond acceptors (Lipinski definition) is 4. The Hall–Kier alpha value is -1.06. The molecule has 0 amide bonds. The smallest absolute Gasteiger partial charge is 0.305 e. The number of oxime groups is 1. The fourth-order valence-electron chi connectivity index (χ4n) is 0.874. The lowest BCUT2D eigenvalue weighted by Gasteiger charge is -2.01. The van der Waals surface area contributed by atoms with Crippen LogP contribution >= 0.6 is 0 Å². The lowest BCUT2D eigenvalue weighted by Crippen LogP contribution is -2.07. The topological polar surface area (TPSA) is 47.9 Å². The van der Waals surface area contributed by atoms with Crippen LogP contribution in [0.1, 0.15) is 12.8 Å². The summed E-state index contributed by atoms with van der Waals surface area (Å²) in [7, 11) is 1.39. The van der Waals surface area contributed by atoms with Gasteiger partial charge < -0.3 is 9.57 Å². The van der Waals surface area contributed by atoms with E-state index in [1.54, 1.807) is 6.21 Å². The molecule has 11 heavy (non-hydrogen) atoms. The van der Waals surface area contributed by atoms with Crippen molar-refractivity contribution in [2.45, 2.75) is 12.8 Å². The van der Waals surface area contributed by atoms with Gasteiger partial charge in [-0.25, -0.2) is 0 Å². The fourth-order valence-corrected chi connectivity index (χ4v) is 0.874. The zero-order chi connectivity index (χ0) is 8.10. The van der Waals surface area contributed by atoms with Crippen LogP contribution in [0.2, 0.25) is 0 Å². The molecule has 62 valence electrons. The van der Waals surface area contributed by atoms with Crippen LogP contribution in [0.4, 0.5) is 0 Å². The molecule has 1 aliphatic heterocycles. The molecule has 0 aromatic rings. The average Bonchev–Trinajstić information content (AvgIpc) is 2.52. The van der Waals surface area contributed by atoms with E-state index in [9.17, 15) is 4.79 Å². The molecule has 0 unspecified atom stereocenters. The standard InChI is InChI=1S/C7H11NO3/c1-10-7(9)3-2-6-4-8-11-5-6/h4,6H,2-3,5H2,1H3/t6-/m0/s1. The molecule has 4 nitrogen and oxygen atoms in total. The Bertz CT molecular complexity index is 167. The summed E-state index contributed by atoms with van der Waals surface area (Å²) in [5.41, 5.74) is 0. The second-order valence-electron chi connectivity index (χ2n) is 2.43. The molecule has 0 radical (unpaired) electrons. The monoisotopic (exact) mass is 157 g/mol. The number of rotatable bonds is 3. The van der Waals surface area contributed by atoms with Crippen LogP contribution in [-0.4, -0.2) is 25.9 Å². The Morgan fingerprint density at radius 2 is 2.73 bits per heavy atom. The Balaban J connectivity index is 2.11. The summed E-state index contributed by atoms with van der Waals surface area (Å²) in [6.45, 7) is 0.594. The number of nitrogens with zero attached hydrogens (tertiary/aromatic N) is 1. The number of methoxy groups -OCH3 is 1. The van der Waals surface area contributed by atoms with Gasteiger partial charge in [0.25, 0.3) is 0 Å². The fraction of sp³-hybridized carbons (Fsp3) is 0.714. The van der Waals surface area contributed by atoms with Gasteiger partial charge in [-0.1, -0.05) is 5.16 Å². The summed E-state index contributed by atoms with van der Waals surface area (Å²) >= 11 is 0. The molecule has 0 aliphatic carbocycles. The minimum Gasteiger partial charge on any atom is -0.469 e. The first-order valence-electron chi connectivity index (χ1n) is 3.55.